The summed E-state index contributed by atoms with van der Waals surface area (Å²) in [7, 11) is -3.86. The summed E-state index contributed by atoms with van der Waals surface area (Å²) in [6.45, 7) is 6.52. The molecule has 0 aliphatic heterocycles. The van der Waals surface area contributed by atoms with Gasteiger partial charge in [0.2, 0.25) is 10.0 Å². The number of carboxylic acids is 1. The molecule has 0 bridgehead atoms. The average Bonchev–Trinajstić information content (AvgIpc) is 2.61. The lowest BCUT2D eigenvalue weighted by molar-refractivity contribution is 0.0697. The van der Waals surface area contributed by atoms with E-state index in [-0.39, 0.29) is 10.5 Å². The summed E-state index contributed by atoms with van der Waals surface area (Å²) < 4.78 is 28.0. The van der Waals surface area contributed by atoms with Gasteiger partial charge in [0, 0.05) is 18.3 Å². The highest BCUT2D eigenvalue weighted by Gasteiger charge is 2.21. The van der Waals surface area contributed by atoms with Crippen LogP contribution in [0, 0.1) is 5.92 Å². The Morgan fingerprint density at radius 3 is 2.33 bits per heavy atom. The molecule has 0 fully saturated rings. The van der Waals surface area contributed by atoms with Gasteiger partial charge in [0.05, 0.1) is 10.5 Å². The van der Waals surface area contributed by atoms with Crippen LogP contribution in [-0.4, -0.2) is 26.0 Å². The van der Waals surface area contributed by atoms with Crippen LogP contribution in [0.1, 0.15) is 49.2 Å². The second-order valence-corrected chi connectivity index (χ2v) is 8.59. The fourth-order valence-electron chi connectivity index (χ4n) is 2.63. The molecule has 2 aromatic rings. The molecular formula is C20H26N2O4S. The molecule has 0 aromatic heterocycles. The number of benzene rings is 2. The van der Waals surface area contributed by atoms with E-state index in [0.29, 0.717) is 18.2 Å². The predicted molar refractivity (Wildman–Crippen MR) is 107 cm³/mol. The lowest BCUT2D eigenvalue weighted by Gasteiger charge is -2.16. The first-order valence-corrected chi connectivity index (χ1v) is 10.4. The van der Waals surface area contributed by atoms with Gasteiger partial charge in [-0.2, -0.15) is 0 Å². The van der Waals surface area contributed by atoms with Crippen molar-refractivity contribution < 1.29 is 18.3 Å². The minimum absolute atomic E-state index is 0.0611. The molecule has 27 heavy (non-hydrogen) atoms. The fraction of sp³-hybridized carbons (Fsp3) is 0.350. The Kier molecular flexibility index (Phi) is 6.98. The van der Waals surface area contributed by atoms with Crippen molar-refractivity contribution in [2.45, 2.75) is 38.1 Å². The standard InChI is InChI=1S/C20H26N2O4S/c1-14(2)11-12-21-19-10-9-17(13-18(19)20(23)24)27(25,26)22-15(3)16-7-5-4-6-8-16/h4-10,13-15,21-22H,11-12H2,1-3H3,(H,23,24). The van der Waals surface area contributed by atoms with Gasteiger partial charge in [0.1, 0.15) is 0 Å². The average molecular weight is 391 g/mol. The van der Waals surface area contributed by atoms with E-state index in [1.54, 1.807) is 6.92 Å². The zero-order valence-corrected chi connectivity index (χ0v) is 16.6. The van der Waals surface area contributed by atoms with E-state index in [1.807, 2.05) is 30.3 Å². The van der Waals surface area contributed by atoms with Crippen LogP contribution in [-0.2, 0) is 10.0 Å². The summed E-state index contributed by atoms with van der Waals surface area (Å²) in [5, 5.41) is 12.5. The number of aromatic carboxylic acids is 1. The molecule has 6 nitrogen and oxygen atoms in total. The molecule has 0 amide bonds. The van der Waals surface area contributed by atoms with Crippen molar-refractivity contribution in [2.75, 3.05) is 11.9 Å². The third-order valence-electron chi connectivity index (χ3n) is 4.20. The molecule has 1 unspecified atom stereocenters. The zero-order valence-electron chi connectivity index (χ0n) is 15.8. The van der Waals surface area contributed by atoms with Crippen LogP contribution in [0.15, 0.2) is 53.4 Å². The molecule has 7 heteroatoms. The van der Waals surface area contributed by atoms with Crippen molar-refractivity contribution >= 4 is 21.7 Å². The quantitative estimate of drug-likeness (QED) is 0.604. The van der Waals surface area contributed by atoms with Crippen LogP contribution in [0.3, 0.4) is 0 Å². The number of rotatable bonds is 9. The van der Waals surface area contributed by atoms with Gasteiger partial charge in [0.25, 0.3) is 0 Å². The van der Waals surface area contributed by atoms with Crippen LogP contribution >= 0.6 is 0 Å². The van der Waals surface area contributed by atoms with Gasteiger partial charge in [-0.25, -0.2) is 17.9 Å². The molecule has 0 aliphatic carbocycles. The number of hydrogen-bond donors (Lipinski definition) is 3. The summed E-state index contributed by atoms with van der Waals surface area (Å²) in [5.41, 5.74) is 1.18. The number of anilines is 1. The Bertz CT molecular complexity index is 880. The van der Waals surface area contributed by atoms with Crippen LogP contribution in [0.4, 0.5) is 5.69 Å². The lowest BCUT2D eigenvalue weighted by atomic mass is 10.1. The summed E-state index contributed by atoms with van der Waals surface area (Å²) in [6, 6.07) is 12.9. The third kappa shape index (κ3) is 5.80. The molecule has 2 rings (SSSR count). The van der Waals surface area contributed by atoms with Crippen molar-refractivity contribution in [1.29, 1.82) is 0 Å². The Balaban J connectivity index is 2.23. The third-order valence-corrected chi connectivity index (χ3v) is 5.74. The number of carbonyl (C=O) groups is 1. The van der Waals surface area contributed by atoms with E-state index in [4.69, 9.17) is 0 Å². The maximum Gasteiger partial charge on any atom is 0.337 e. The van der Waals surface area contributed by atoms with Gasteiger partial charge < -0.3 is 10.4 Å². The predicted octanol–water partition coefficient (Wildman–Crippen LogP) is 3.88. The minimum Gasteiger partial charge on any atom is -0.478 e. The van der Waals surface area contributed by atoms with E-state index in [9.17, 15) is 18.3 Å². The summed E-state index contributed by atoms with van der Waals surface area (Å²) in [6.07, 6.45) is 0.884. The van der Waals surface area contributed by atoms with Gasteiger partial charge >= 0.3 is 5.97 Å². The number of nitrogens with one attached hydrogen (secondary N) is 2. The van der Waals surface area contributed by atoms with Crippen molar-refractivity contribution in [3.63, 3.8) is 0 Å². The first kappa shape index (κ1) is 20.9. The summed E-state index contributed by atoms with van der Waals surface area (Å²) >= 11 is 0. The van der Waals surface area contributed by atoms with Gasteiger partial charge in [0.15, 0.2) is 0 Å². The fourth-order valence-corrected chi connectivity index (χ4v) is 3.89. The first-order valence-electron chi connectivity index (χ1n) is 8.89. The summed E-state index contributed by atoms with van der Waals surface area (Å²) in [5.74, 6) is -0.690. The van der Waals surface area contributed by atoms with E-state index in [1.165, 1.54) is 18.2 Å². The molecular weight excluding hydrogens is 364 g/mol. The molecule has 0 radical (unpaired) electrons. The normalized spacial score (nSPS) is 12.7. The Labute approximate surface area is 160 Å². The second kappa shape index (κ2) is 9.01. The molecule has 1 atom stereocenters. The zero-order chi connectivity index (χ0) is 20.0. The highest BCUT2D eigenvalue weighted by Crippen LogP contribution is 2.23. The van der Waals surface area contributed by atoms with Crippen molar-refractivity contribution in [3.8, 4) is 0 Å². The van der Waals surface area contributed by atoms with Gasteiger partial charge in [-0.1, -0.05) is 44.2 Å². The highest BCUT2D eigenvalue weighted by molar-refractivity contribution is 7.89. The molecule has 3 N–H and O–H groups in total. The number of carboxylic acid groups (broad SMARTS) is 1. The highest BCUT2D eigenvalue weighted by atomic mass is 32.2. The van der Waals surface area contributed by atoms with Gasteiger partial charge in [-0.15, -0.1) is 0 Å². The maximum absolute atomic E-state index is 12.7. The topological polar surface area (TPSA) is 95.5 Å². The van der Waals surface area contributed by atoms with E-state index in [0.717, 1.165) is 12.0 Å². The SMILES string of the molecule is CC(C)CCNc1ccc(S(=O)(=O)NC(C)c2ccccc2)cc1C(=O)O. The summed E-state index contributed by atoms with van der Waals surface area (Å²) in [4.78, 5) is 11.5. The van der Waals surface area contributed by atoms with E-state index in [2.05, 4.69) is 23.9 Å². The first-order chi connectivity index (χ1) is 12.7. The largest absolute Gasteiger partial charge is 0.478 e. The smallest absolute Gasteiger partial charge is 0.337 e. The van der Waals surface area contributed by atoms with Crippen LogP contribution in [0.2, 0.25) is 0 Å². The van der Waals surface area contributed by atoms with Gasteiger partial charge in [-0.05, 0) is 43.0 Å². The van der Waals surface area contributed by atoms with Crippen LogP contribution < -0.4 is 10.0 Å². The van der Waals surface area contributed by atoms with Crippen molar-refractivity contribution in [3.05, 3.63) is 59.7 Å². The van der Waals surface area contributed by atoms with E-state index >= 15 is 0 Å². The number of sulfonamides is 1. The molecule has 0 heterocycles. The minimum atomic E-state index is -3.86. The Morgan fingerprint density at radius 1 is 1.07 bits per heavy atom. The lowest BCUT2D eigenvalue weighted by Crippen LogP contribution is -2.27. The molecule has 0 spiro atoms. The van der Waals surface area contributed by atoms with Crippen LogP contribution in [0.5, 0.6) is 0 Å². The molecule has 0 saturated carbocycles. The molecule has 146 valence electrons. The van der Waals surface area contributed by atoms with Gasteiger partial charge in [-0.3, -0.25) is 0 Å². The van der Waals surface area contributed by atoms with Crippen LogP contribution in [0.25, 0.3) is 0 Å². The molecule has 0 saturated heterocycles. The maximum atomic E-state index is 12.7. The number of hydrogen-bond acceptors (Lipinski definition) is 4. The Hall–Kier alpha value is -2.38. The molecule has 0 aliphatic rings. The Morgan fingerprint density at radius 2 is 1.74 bits per heavy atom. The van der Waals surface area contributed by atoms with E-state index < -0.39 is 22.0 Å². The second-order valence-electron chi connectivity index (χ2n) is 6.88. The molecule has 2 aromatic carbocycles. The van der Waals surface area contributed by atoms with Crippen molar-refractivity contribution in [2.24, 2.45) is 5.92 Å². The monoisotopic (exact) mass is 390 g/mol. The van der Waals surface area contributed by atoms with Crippen molar-refractivity contribution in [1.82, 2.24) is 4.72 Å².